The minimum atomic E-state index is -3.49. The number of carbonyl (C=O) groups is 1. The second-order valence-corrected chi connectivity index (χ2v) is 9.95. The smallest absolute Gasteiger partial charge is 0.308 e. The molecule has 2 heterocycles. The number of benzene rings is 1. The van der Waals surface area contributed by atoms with Crippen molar-refractivity contribution in [3.8, 4) is 11.5 Å². The summed E-state index contributed by atoms with van der Waals surface area (Å²) in [6.07, 6.45) is 10.6. The summed E-state index contributed by atoms with van der Waals surface area (Å²) in [6.45, 7) is 1.65. The second-order valence-electron chi connectivity index (χ2n) is 8.02. The number of hydrogen-bond acceptors (Lipinski definition) is 6. The minimum absolute atomic E-state index is 0.0994. The molecule has 1 N–H and O–H groups in total. The van der Waals surface area contributed by atoms with E-state index in [1.165, 1.54) is 22.7 Å². The van der Waals surface area contributed by atoms with Crippen molar-refractivity contribution in [3.63, 3.8) is 0 Å². The number of nitrogens with one attached hydrogen (secondary N) is 1. The maximum atomic E-state index is 12.8. The summed E-state index contributed by atoms with van der Waals surface area (Å²) in [4.78, 5) is 12.5. The maximum absolute atomic E-state index is 12.8. The van der Waals surface area contributed by atoms with Crippen LogP contribution in [-0.2, 0) is 10.0 Å². The standard InChI is InChI=1S/C22H28N4O4S/c27-20(23-14-13-17-7-3-1-4-8-17)22-25-24-21(30-22)18-9-11-19(12-10-18)31(28,29)26-15-5-2-6-16-26/h7,9-12H,1-6,8,13-16H2,(H,23,27). The van der Waals surface area contributed by atoms with E-state index < -0.39 is 15.9 Å². The maximum Gasteiger partial charge on any atom is 0.308 e. The second kappa shape index (κ2) is 9.74. The molecule has 9 heteroatoms. The highest BCUT2D eigenvalue weighted by atomic mass is 32.2. The fourth-order valence-corrected chi connectivity index (χ4v) is 5.52. The number of allylic oxidation sites excluding steroid dienone is 1. The van der Waals surface area contributed by atoms with E-state index in [-0.39, 0.29) is 16.7 Å². The normalized spacial score (nSPS) is 17.9. The van der Waals surface area contributed by atoms with Crippen LogP contribution in [0.1, 0.15) is 62.1 Å². The van der Waals surface area contributed by atoms with Crippen molar-refractivity contribution in [3.05, 3.63) is 41.8 Å². The molecule has 1 aliphatic carbocycles. The molecule has 166 valence electrons. The monoisotopic (exact) mass is 444 g/mol. The number of amides is 1. The van der Waals surface area contributed by atoms with Crippen LogP contribution in [0, 0.1) is 0 Å². The molecule has 1 amide bonds. The Hall–Kier alpha value is -2.52. The topological polar surface area (TPSA) is 105 Å². The van der Waals surface area contributed by atoms with Crippen molar-refractivity contribution in [2.75, 3.05) is 19.6 Å². The lowest BCUT2D eigenvalue weighted by Gasteiger charge is -2.25. The Bertz CT molecular complexity index is 1040. The Morgan fingerprint density at radius 1 is 1.03 bits per heavy atom. The molecule has 0 unspecified atom stereocenters. The van der Waals surface area contributed by atoms with Gasteiger partial charge in [-0.2, -0.15) is 4.31 Å². The van der Waals surface area contributed by atoms with Gasteiger partial charge in [0, 0.05) is 25.2 Å². The molecule has 0 radical (unpaired) electrons. The Balaban J connectivity index is 1.37. The summed E-state index contributed by atoms with van der Waals surface area (Å²) in [6, 6.07) is 6.34. The van der Waals surface area contributed by atoms with Crippen molar-refractivity contribution in [1.29, 1.82) is 0 Å². The van der Waals surface area contributed by atoms with Crippen molar-refractivity contribution in [2.24, 2.45) is 0 Å². The zero-order chi connectivity index (χ0) is 21.7. The van der Waals surface area contributed by atoms with Crippen LogP contribution in [0.25, 0.3) is 11.5 Å². The van der Waals surface area contributed by atoms with E-state index in [0.717, 1.165) is 38.5 Å². The molecule has 2 aromatic rings. The summed E-state index contributed by atoms with van der Waals surface area (Å²) in [5, 5.41) is 10.6. The first-order valence-electron chi connectivity index (χ1n) is 10.9. The number of sulfonamides is 1. The largest absolute Gasteiger partial charge is 0.412 e. The Morgan fingerprint density at radius 3 is 2.52 bits per heavy atom. The molecule has 0 atom stereocenters. The van der Waals surface area contributed by atoms with E-state index in [9.17, 15) is 13.2 Å². The van der Waals surface area contributed by atoms with Gasteiger partial charge in [-0.05, 0) is 69.2 Å². The van der Waals surface area contributed by atoms with Gasteiger partial charge >= 0.3 is 11.8 Å². The molecule has 1 aromatic carbocycles. The quantitative estimate of drug-likeness (QED) is 0.655. The van der Waals surface area contributed by atoms with E-state index in [2.05, 4.69) is 21.6 Å². The van der Waals surface area contributed by atoms with Gasteiger partial charge in [0.05, 0.1) is 4.90 Å². The van der Waals surface area contributed by atoms with E-state index >= 15 is 0 Å². The molecule has 8 nitrogen and oxygen atoms in total. The predicted molar refractivity (Wildman–Crippen MR) is 116 cm³/mol. The lowest BCUT2D eigenvalue weighted by molar-refractivity contribution is 0.0920. The third-order valence-electron chi connectivity index (χ3n) is 5.79. The highest BCUT2D eigenvalue weighted by Gasteiger charge is 2.26. The van der Waals surface area contributed by atoms with Crippen LogP contribution in [0.4, 0.5) is 0 Å². The zero-order valence-corrected chi connectivity index (χ0v) is 18.4. The number of piperidine rings is 1. The van der Waals surface area contributed by atoms with Crippen molar-refractivity contribution >= 4 is 15.9 Å². The van der Waals surface area contributed by atoms with Crippen LogP contribution < -0.4 is 5.32 Å². The molecule has 0 saturated carbocycles. The van der Waals surface area contributed by atoms with Crippen LogP contribution in [0.2, 0.25) is 0 Å². The molecule has 2 aliphatic rings. The molecule has 1 aromatic heterocycles. The van der Waals surface area contributed by atoms with E-state index in [4.69, 9.17) is 4.42 Å². The van der Waals surface area contributed by atoms with Gasteiger partial charge in [0.2, 0.25) is 15.9 Å². The summed E-state index contributed by atoms with van der Waals surface area (Å²) in [5.41, 5.74) is 1.95. The van der Waals surface area contributed by atoms with Crippen LogP contribution in [0.15, 0.2) is 45.2 Å². The molecule has 1 fully saturated rings. The SMILES string of the molecule is O=C(NCCC1=CCCCC1)c1nnc(-c2ccc(S(=O)(=O)N3CCCCC3)cc2)o1. The van der Waals surface area contributed by atoms with Gasteiger partial charge in [0.25, 0.3) is 0 Å². The molecule has 0 spiro atoms. The van der Waals surface area contributed by atoms with Crippen LogP contribution >= 0.6 is 0 Å². The zero-order valence-electron chi connectivity index (χ0n) is 17.5. The number of rotatable bonds is 7. The van der Waals surface area contributed by atoms with E-state index in [0.29, 0.717) is 25.2 Å². The summed E-state index contributed by atoms with van der Waals surface area (Å²) < 4.78 is 32.6. The fourth-order valence-electron chi connectivity index (χ4n) is 4.00. The third kappa shape index (κ3) is 5.22. The average Bonchev–Trinajstić information content (AvgIpc) is 3.31. The number of nitrogens with zero attached hydrogens (tertiary/aromatic N) is 3. The summed E-state index contributed by atoms with van der Waals surface area (Å²) in [5.74, 6) is -0.320. The minimum Gasteiger partial charge on any atom is -0.412 e. The lowest BCUT2D eigenvalue weighted by Crippen LogP contribution is -2.35. The van der Waals surface area contributed by atoms with Gasteiger partial charge in [0.15, 0.2) is 0 Å². The summed E-state index contributed by atoms with van der Waals surface area (Å²) >= 11 is 0. The van der Waals surface area contributed by atoms with E-state index in [1.54, 1.807) is 24.3 Å². The Kier molecular flexibility index (Phi) is 6.82. The molecule has 4 rings (SSSR count). The van der Waals surface area contributed by atoms with Gasteiger partial charge in [0.1, 0.15) is 0 Å². The van der Waals surface area contributed by atoms with Gasteiger partial charge in [-0.3, -0.25) is 4.79 Å². The number of hydrogen-bond donors (Lipinski definition) is 1. The van der Waals surface area contributed by atoms with Crippen LogP contribution in [-0.4, -0.2) is 48.5 Å². The van der Waals surface area contributed by atoms with Crippen molar-refractivity contribution in [1.82, 2.24) is 19.8 Å². The lowest BCUT2D eigenvalue weighted by atomic mass is 9.97. The first-order chi connectivity index (χ1) is 15.0. The Morgan fingerprint density at radius 2 is 1.81 bits per heavy atom. The predicted octanol–water partition coefficient (Wildman–Crippen LogP) is 3.53. The van der Waals surface area contributed by atoms with Crippen molar-refractivity contribution < 1.29 is 17.6 Å². The van der Waals surface area contributed by atoms with Crippen molar-refractivity contribution in [2.45, 2.75) is 56.3 Å². The molecule has 1 aliphatic heterocycles. The molecule has 1 saturated heterocycles. The number of aromatic nitrogens is 2. The third-order valence-corrected chi connectivity index (χ3v) is 7.70. The fraction of sp³-hybridized carbons (Fsp3) is 0.500. The van der Waals surface area contributed by atoms with E-state index in [1.807, 2.05) is 0 Å². The molecule has 31 heavy (non-hydrogen) atoms. The first-order valence-corrected chi connectivity index (χ1v) is 12.4. The van der Waals surface area contributed by atoms with Gasteiger partial charge < -0.3 is 9.73 Å². The molecular weight excluding hydrogens is 416 g/mol. The van der Waals surface area contributed by atoms with Gasteiger partial charge in [-0.15, -0.1) is 10.2 Å². The number of carbonyl (C=O) groups excluding carboxylic acids is 1. The van der Waals surface area contributed by atoms with Crippen LogP contribution in [0.3, 0.4) is 0 Å². The van der Waals surface area contributed by atoms with Gasteiger partial charge in [-0.25, -0.2) is 8.42 Å². The average molecular weight is 445 g/mol. The molecular formula is C22H28N4O4S. The highest BCUT2D eigenvalue weighted by Crippen LogP contribution is 2.24. The first kappa shape index (κ1) is 21.7. The Labute approximate surface area is 182 Å². The molecule has 0 bridgehead atoms. The summed E-state index contributed by atoms with van der Waals surface area (Å²) in [7, 11) is -3.49. The highest BCUT2D eigenvalue weighted by molar-refractivity contribution is 7.89. The van der Waals surface area contributed by atoms with Gasteiger partial charge in [-0.1, -0.05) is 18.1 Å². The van der Waals surface area contributed by atoms with Crippen LogP contribution in [0.5, 0.6) is 0 Å².